The van der Waals surface area contributed by atoms with Gasteiger partial charge in [0, 0.05) is 24.1 Å². The van der Waals surface area contributed by atoms with E-state index in [0.717, 1.165) is 36.1 Å². The average Bonchev–Trinajstić information content (AvgIpc) is 3.45. The summed E-state index contributed by atoms with van der Waals surface area (Å²) in [4.78, 5) is 16.7. The van der Waals surface area contributed by atoms with Gasteiger partial charge < -0.3 is 14.6 Å². The molecule has 0 atom stereocenters. The molecule has 2 aromatic carbocycles. The van der Waals surface area contributed by atoms with Crippen LogP contribution in [0.1, 0.15) is 35.5 Å². The van der Waals surface area contributed by atoms with E-state index in [1.54, 1.807) is 25.3 Å². The number of rotatable bonds is 9. The normalized spacial score (nSPS) is 11.0. The molecule has 2 heterocycles. The van der Waals surface area contributed by atoms with E-state index in [9.17, 15) is 4.79 Å². The van der Waals surface area contributed by atoms with Crippen molar-refractivity contribution >= 4 is 16.9 Å². The molecular weight excluding hydrogens is 384 g/mol. The number of benzene rings is 2. The smallest absolute Gasteiger partial charge is 0.251 e. The van der Waals surface area contributed by atoms with Crippen molar-refractivity contribution < 1.29 is 14.1 Å². The van der Waals surface area contributed by atoms with Crippen molar-refractivity contribution in [2.75, 3.05) is 13.7 Å². The number of aromatic nitrogens is 5. The first kappa shape index (κ1) is 19.6. The second-order valence-electron chi connectivity index (χ2n) is 6.83. The van der Waals surface area contributed by atoms with E-state index in [-0.39, 0.29) is 5.91 Å². The molecule has 0 fully saturated rings. The molecule has 1 amide bonds. The fourth-order valence-corrected chi connectivity index (χ4v) is 3.08. The Kier molecular flexibility index (Phi) is 5.98. The SMILES string of the molecule is COc1ccc(-c2noc(CCCCCNC(=O)c3ccc4n[nH]nc4c3)n2)cc1. The van der Waals surface area contributed by atoms with E-state index in [2.05, 4.69) is 30.9 Å². The van der Waals surface area contributed by atoms with Gasteiger partial charge in [0.25, 0.3) is 5.91 Å². The molecule has 0 radical (unpaired) electrons. The summed E-state index contributed by atoms with van der Waals surface area (Å²) in [5, 5.41) is 17.5. The van der Waals surface area contributed by atoms with Gasteiger partial charge >= 0.3 is 0 Å². The predicted molar refractivity (Wildman–Crippen MR) is 110 cm³/mol. The molecule has 0 aliphatic rings. The largest absolute Gasteiger partial charge is 0.497 e. The maximum absolute atomic E-state index is 12.2. The van der Waals surface area contributed by atoms with Crippen molar-refractivity contribution in [1.29, 1.82) is 0 Å². The first-order valence-electron chi connectivity index (χ1n) is 9.78. The van der Waals surface area contributed by atoms with E-state index in [1.165, 1.54) is 0 Å². The molecule has 0 saturated carbocycles. The molecular formula is C21H22N6O3. The Morgan fingerprint density at radius 1 is 1.07 bits per heavy atom. The van der Waals surface area contributed by atoms with Crippen molar-refractivity contribution in [2.45, 2.75) is 25.7 Å². The molecule has 9 nitrogen and oxygen atoms in total. The molecule has 0 aliphatic heterocycles. The molecule has 0 bridgehead atoms. The number of aryl methyl sites for hydroxylation is 1. The first-order chi connectivity index (χ1) is 14.7. The van der Waals surface area contributed by atoms with Gasteiger partial charge in [-0.2, -0.15) is 20.4 Å². The van der Waals surface area contributed by atoms with Crippen molar-refractivity contribution in [1.82, 2.24) is 30.9 Å². The summed E-state index contributed by atoms with van der Waals surface area (Å²) >= 11 is 0. The van der Waals surface area contributed by atoms with E-state index < -0.39 is 0 Å². The Hall–Kier alpha value is -3.75. The number of carbonyl (C=O) groups excluding carboxylic acids is 1. The van der Waals surface area contributed by atoms with Crippen LogP contribution in [-0.4, -0.2) is 45.1 Å². The lowest BCUT2D eigenvalue weighted by atomic mass is 10.1. The van der Waals surface area contributed by atoms with Crippen LogP contribution in [0.15, 0.2) is 47.0 Å². The number of nitrogens with one attached hydrogen (secondary N) is 2. The zero-order valence-corrected chi connectivity index (χ0v) is 16.6. The number of hydrogen-bond acceptors (Lipinski definition) is 7. The summed E-state index contributed by atoms with van der Waals surface area (Å²) < 4.78 is 10.5. The lowest BCUT2D eigenvalue weighted by molar-refractivity contribution is 0.0953. The van der Waals surface area contributed by atoms with Gasteiger partial charge in [0.1, 0.15) is 16.8 Å². The van der Waals surface area contributed by atoms with Crippen molar-refractivity contribution in [3.8, 4) is 17.1 Å². The number of methoxy groups -OCH3 is 1. The molecule has 0 spiro atoms. The molecule has 4 aromatic rings. The second-order valence-corrected chi connectivity index (χ2v) is 6.83. The highest BCUT2D eigenvalue weighted by molar-refractivity contribution is 5.97. The Morgan fingerprint density at radius 2 is 1.90 bits per heavy atom. The molecule has 2 aromatic heterocycles. The van der Waals surface area contributed by atoms with Gasteiger partial charge in [0.15, 0.2) is 0 Å². The number of ether oxygens (including phenoxy) is 1. The number of amides is 1. The van der Waals surface area contributed by atoms with Crippen LogP contribution in [-0.2, 0) is 6.42 Å². The molecule has 0 unspecified atom stereocenters. The summed E-state index contributed by atoms with van der Waals surface area (Å²) in [5.74, 6) is 1.86. The molecule has 4 rings (SSSR count). The van der Waals surface area contributed by atoms with Crippen LogP contribution in [0.25, 0.3) is 22.4 Å². The van der Waals surface area contributed by atoms with Crippen LogP contribution in [0.3, 0.4) is 0 Å². The van der Waals surface area contributed by atoms with Gasteiger partial charge in [0.05, 0.1) is 7.11 Å². The van der Waals surface area contributed by atoms with E-state index in [4.69, 9.17) is 9.26 Å². The fourth-order valence-electron chi connectivity index (χ4n) is 3.08. The van der Waals surface area contributed by atoms with Crippen LogP contribution >= 0.6 is 0 Å². The van der Waals surface area contributed by atoms with Crippen molar-refractivity contribution in [3.05, 3.63) is 53.9 Å². The Bertz CT molecular complexity index is 1120. The number of aromatic amines is 1. The maximum atomic E-state index is 12.2. The fraction of sp³-hybridized carbons (Fsp3) is 0.286. The highest BCUT2D eigenvalue weighted by Crippen LogP contribution is 2.20. The lowest BCUT2D eigenvalue weighted by Crippen LogP contribution is -2.24. The summed E-state index contributed by atoms with van der Waals surface area (Å²) in [6.45, 7) is 0.608. The molecule has 2 N–H and O–H groups in total. The van der Waals surface area contributed by atoms with Gasteiger partial charge in [-0.1, -0.05) is 11.6 Å². The number of unbranched alkanes of at least 4 members (excludes halogenated alkanes) is 2. The number of hydrogen-bond donors (Lipinski definition) is 2. The van der Waals surface area contributed by atoms with Crippen LogP contribution in [0, 0.1) is 0 Å². The topological polar surface area (TPSA) is 119 Å². The number of fused-ring (bicyclic) bond motifs is 1. The van der Waals surface area contributed by atoms with Gasteiger partial charge in [-0.3, -0.25) is 4.79 Å². The molecule has 154 valence electrons. The van der Waals surface area contributed by atoms with Crippen LogP contribution < -0.4 is 10.1 Å². The van der Waals surface area contributed by atoms with Crippen LogP contribution in [0.4, 0.5) is 0 Å². The average molecular weight is 406 g/mol. The lowest BCUT2D eigenvalue weighted by Gasteiger charge is -2.04. The number of H-pyrrole nitrogens is 1. The Balaban J connectivity index is 1.17. The molecule has 9 heteroatoms. The minimum atomic E-state index is -0.110. The summed E-state index contributed by atoms with van der Waals surface area (Å²) in [7, 11) is 1.63. The van der Waals surface area contributed by atoms with Crippen LogP contribution in [0.5, 0.6) is 5.75 Å². The quantitative estimate of drug-likeness (QED) is 0.410. The standard InChI is InChI=1S/C21H22N6O3/c1-29-16-9-6-14(7-10-16)20-23-19(30-26-20)5-3-2-4-12-22-21(28)15-8-11-17-18(13-15)25-27-24-17/h6-11,13H,2-5,12H2,1H3,(H,22,28)(H,24,25,27). The van der Waals surface area contributed by atoms with Gasteiger partial charge in [-0.15, -0.1) is 0 Å². The summed E-state index contributed by atoms with van der Waals surface area (Å²) in [5.41, 5.74) is 2.88. The third-order valence-electron chi connectivity index (χ3n) is 4.75. The maximum Gasteiger partial charge on any atom is 0.251 e. The minimum absolute atomic E-state index is 0.110. The zero-order valence-electron chi connectivity index (χ0n) is 16.6. The molecule has 0 saturated heterocycles. The Labute approximate surface area is 172 Å². The number of carbonyl (C=O) groups is 1. The zero-order chi connectivity index (χ0) is 20.8. The van der Waals surface area contributed by atoms with Gasteiger partial charge in [0.2, 0.25) is 11.7 Å². The summed E-state index contributed by atoms with van der Waals surface area (Å²) in [6, 6.07) is 12.8. The summed E-state index contributed by atoms with van der Waals surface area (Å²) in [6.07, 6.45) is 3.44. The second kappa shape index (κ2) is 9.17. The first-order valence-corrected chi connectivity index (χ1v) is 9.78. The van der Waals surface area contributed by atoms with Gasteiger partial charge in [-0.05, 0) is 55.3 Å². The molecule has 0 aliphatic carbocycles. The third kappa shape index (κ3) is 4.62. The highest BCUT2D eigenvalue weighted by atomic mass is 16.5. The third-order valence-corrected chi connectivity index (χ3v) is 4.75. The highest BCUT2D eigenvalue weighted by Gasteiger charge is 2.10. The van der Waals surface area contributed by atoms with E-state index in [0.29, 0.717) is 35.8 Å². The van der Waals surface area contributed by atoms with E-state index in [1.807, 2.05) is 24.3 Å². The van der Waals surface area contributed by atoms with Crippen molar-refractivity contribution in [2.24, 2.45) is 0 Å². The predicted octanol–water partition coefficient (Wildman–Crippen LogP) is 3.16. The van der Waals surface area contributed by atoms with Crippen molar-refractivity contribution in [3.63, 3.8) is 0 Å². The monoisotopic (exact) mass is 406 g/mol. The van der Waals surface area contributed by atoms with Crippen LogP contribution in [0.2, 0.25) is 0 Å². The number of nitrogens with zero attached hydrogens (tertiary/aromatic N) is 4. The molecule has 30 heavy (non-hydrogen) atoms. The van der Waals surface area contributed by atoms with Gasteiger partial charge in [-0.25, -0.2) is 0 Å². The minimum Gasteiger partial charge on any atom is -0.497 e. The van der Waals surface area contributed by atoms with E-state index >= 15 is 0 Å². The Morgan fingerprint density at radius 3 is 2.73 bits per heavy atom.